The van der Waals surface area contributed by atoms with Gasteiger partial charge in [0.05, 0.1) is 0 Å². The van der Waals surface area contributed by atoms with E-state index in [2.05, 4.69) is 50.0 Å². The van der Waals surface area contributed by atoms with E-state index in [1.165, 1.54) is 18.4 Å². The maximum atomic E-state index is 5.92. The predicted octanol–water partition coefficient (Wildman–Crippen LogP) is -1.62. The van der Waals surface area contributed by atoms with Crippen molar-refractivity contribution in [3.05, 3.63) is 42.5 Å². The second kappa shape index (κ2) is 9.58. The van der Waals surface area contributed by atoms with Crippen LogP contribution in [0.15, 0.2) is 42.5 Å². The van der Waals surface area contributed by atoms with Crippen LogP contribution < -0.4 is 24.8 Å². The number of hydrogen-bond donors (Lipinski definition) is 0. The van der Waals surface area contributed by atoms with Gasteiger partial charge in [-0.1, -0.05) is 0 Å². The van der Waals surface area contributed by atoms with Crippen LogP contribution in [0.2, 0.25) is 19.6 Å². The average Bonchev–Trinajstić information content (AvgIpc) is 2.89. The molecule has 0 radical (unpaired) electrons. The van der Waals surface area contributed by atoms with Crippen molar-refractivity contribution in [1.29, 1.82) is 0 Å². The van der Waals surface area contributed by atoms with Crippen molar-refractivity contribution in [1.82, 2.24) is 0 Å². The van der Waals surface area contributed by atoms with E-state index < -0.39 is 31.6 Å². The third-order valence-electron chi connectivity index (χ3n) is 2.96. The Morgan fingerprint density at radius 3 is 2.50 bits per heavy atom. The molecule has 0 aromatic rings. The van der Waals surface area contributed by atoms with Crippen LogP contribution in [0.25, 0.3) is 0 Å². The molecule has 0 atom stereocenters. The molecule has 2 rings (SSSR count). The minimum atomic E-state index is -1.33. The van der Waals surface area contributed by atoms with Crippen LogP contribution >= 0.6 is 0 Å². The first-order valence-corrected chi connectivity index (χ1v) is 12.6. The van der Waals surface area contributed by atoms with Gasteiger partial charge in [0.1, 0.15) is 0 Å². The normalized spacial score (nSPS) is 16.6. The first kappa shape index (κ1) is 20.6. The summed E-state index contributed by atoms with van der Waals surface area (Å²) < 4.78 is 9.37. The van der Waals surface area contributed by atoms with Gasteiger partial charge in [0.25, 0.3) is 0 Å². The number of allylic oxidation sites excluding steroid dienone is 7. The molecular formula is C15H22Cl2OSiZr. The van der Waals surface area contributed by atoms with Crippen molar-refractivity contribution >= 4 is 8.32 Å². The van der Waals surface area contributed by atoms with Gasteiger partial charge in [-0.3, -0.25) is 0 Å². The maximum Gasteiger partial charge on any atom is -1.00 e. The molecule has 2 aliphatic rings. The fourth-order valence-electron chi connectivity index (χ4n) is 2.07. The van der Waals surface area contributed by atoms with Gasteiger partial charge in [-0.05, 0) is 0 Å². The van der Waals surface area contributed by atoms with Gasteiger partial charge in [-0.25, -0.2) is 0 Å². The van der Waals surface area contributed by atoms with Gasteiger partial charge in [0.2, 0.25) is 0 Å². The summed E-state index contributed by atoms with van der Waals surface area (Å²) in [7, 11) is -1.33. The Bertz CT molecular complexity index is 434. The summed E-state index contributed by atoms with van der Waals surface area (Å²) in [6, 6.07) is 0. The van der Waals surface area contributed by atoms with E-state index in [-0.39, 0.29) is 24.8 Å². The molecule has 0 aromatic carbocycles. The van der Waals surface area contributed by atoms with E-state index in [0.717, 1.165) is 13.0 Å². The molecule has 0 spiro atoms. The van der Waals surface area contributed by atoms with Crippen LogP contribution in [0.4, 0.5) is 0 Å². The van der Waals surface area contributed by atoms with E-state index in [9.17, 15) is 0 Å². The summed E-state index contributed by atoms with van der Waals surface area (Å²) in [6.45, 7) is 7.67. The molecule has 0 bridgehead atoms. The Kier molecular flexibility index (Phi) is 9.87. The molecule has 0 N–H and O–H groups in total. The van der Waals surface area contributed by atoms with Crippen LogP contribution in [0.1, 0.15) is 19.3 Å². The molecule has 0 saturated carbocycles. The van der Waals surface area contributed by atoms with E-state index in [0.29, 0.717) is 0 Å². The van der Waals surface area contributed by atoms with Crippen molar-refractivity contribution in [3.8, 4) is 0 Å². The molecule has 20 heavy (non-hydrogen) atoms. The first-order chi connectivity index (χ1) is 8.53. The van der Waals surface area contributed by atoms with Crippen molar-refractivity contribution < 1.29 is 52.5 Å². The third kappa shape index (κ3) is 7.56. The largest absolute Gasteiger partial charge is 1.00 e. The standard InChI is InChI=1S/C10H17OSi.C5H5.2ClH.Zr/c1-12(2,3)11-9-8-10-6-4-5-7-10;1-2-4-5-3-1;;;/h6-7H,4,8-9H2,1-3H3;1-3H,4H2;2*1H;/q;;;;+2/p-2. The molecule has 5 heteroatoms. The van der Waals surface area contributed by atoms with Crippen LogP contribution in [0.3, 0.4) is 0 Å². The van der Waals surface area contributed by atoms with Gasteiger partial charge in [0, 0.05) is 0 Å². The SMILES string of the molecule is C[Si](C)(C)OCCC1=CC[C]([Zr+2][C]2=CC=CC2)=C1.[Cl-].[Cl-]. The van der Waals surface area contributed by atoms with E-state index in [4.69, 9.17) is 4.43 Å². The molecular weight excluding hydrogens is 386 g/mol. The Labute approximate surface area is 148 Å². The Hall–Kier alpha value is 0.600. The van der Waals surface area contributed by atoms with E-state index in [1.54, 1.807) is 6.56 Å². The van der Waals surface area contributed by atoms with Gasteiger partial charge in [-0.2, -0.15) is 0 Å². The van der Waals surface area contributed by atoms with Crippen LogP contribution in [0.5, 0.6) is 0 Å². The molecule has 0 aromatic heterocycles. The van der Waals surface area contributed by atoms with Gasteiger partial charge < -0.3 is 24.8 Å². The first-order valence-electron chi connectivity index (χ1n) is 6.69. The average molecular weight is 409 g/mol. The Morgan fingerprint density at radius 2 is 1.90 bits per heavy atom. The summed E-state index contributed by atoms with van der Waals surface area (Å²) in [5.74, 6) is 0. The zero-order valence-electron chi connectivity index (χ0n) is 12.4. The number of hydrogen-bond acceptors (Lipinski definition) is 1. The second-order valence-electron chi connectivity index (χ2n) is 5.81. The summed E-state index contributed by atoms with van der Waals surface area (Å²) >= 11 is -0.433. The fourth-order valence-corrected chi connectivity index (χ4v) is 5.91. The molecule has 1 nitrogen and oxygen atoms in total. The van der Waals surface area contributed by atoms with Gasteiger partial charge in [0.15, 0.2) is 0 Å². The smallest absolute Gasteiger partial charge is 1.00 e. The molecule has 110 valence electrons. The minimum absolute atomic E-state index is 0. The number of halogens is 2. The fraction of sp³-hybridized carbons (Fsp3) is 0.467. The molecule has 0 unspecified atom stereocenters. The quantitative estimate of drug-likeness (QED) is 0.480. The van der Waals surface area contributed by atoms with Gasteiger partial charge in [-0.15, -0.1) is 0 Å². The summed E-state index contributed by atoms with van der Waals surface area (Å²) in [4.78, 5) is 0. The minimum Gasteiger partial charge on any atom is -1.00 e. The zero-order chi connectivity index (χ0) is 13.0. The molecule has 0 fully saturated rings. The second-order valence-corrected chi connectivity index (χ2v) is 14.1. The van der Waals surface area contributed by atoms with E-state index >= 15 is 0 Å². The zero-order valence-corrected chi connectivity index (χ0v) is 17.3. The van der Waals surface area contributed by atoms with Crippen LogP contribution in [-0.2, 0) is 27.7 Å². The summed E-state index contributed by atoms with van der Waals surface area (Å²) in [6.07, 6.45) is 15.2. The topological polar surface area (TPSA) is 9.23 Å². The molecule has 0 aliphatic heterocycles. The number of rotatable bonds is 6. The summed E-state index contributed by atoms with van der Waals surface area (Å²) in [5.41, 5.74) is 1.51. The Balaban J connectivity index is 0.00000180. The Morgan fingerprint density at radius 1 is 1.15 bits per heavy atom. The molecule has 0 heterocycles. The predicted molar refractivity (Wildman–Crippen MR) is 76.5 cm³/mol. The van der Waals surface area contributed by atoms with Crippen LogP contribution in [0, 0.1) is 0 Å². The van der Waals surface area contributed by atoms with Gasteiger partial charge >= 0.3 is 124 Å². The monoisotopic (exact) mass is 406 g/mol. The van der Waals surface area contributed by atoms with Crippen molar-refractivity contribution in [3.63, 3.8) is 0 Å². The molecule has 0 saturated heterocycles. The maximum absolute atomic E-state index is 5.92. The van der Waals surface area contributed by atoms with Crippen LogP contribution in [-0.4, -0.2) is 14.9 Å². The summed E-state index contributed by atoms with van der Waals surface area (Å²) in [5, 5.41) is 0. The van der Waals surface area contributed by atoms with Crippen molar-refractivity contribution in [2.75, 3.05) is 6.61 Å². The molecule has 0 amide bonds. The molecule has 2 aliphatic carbocycles. The van der Waals surface area contributed by atoms with E-state index in [1.807, 2.05) is 0 Å². The van der Waals surface area contributed by atoms with Crippen molar-refractivity contribution in [2.45, 2.75) is 38.9 Å². The third-order valence-corrected chi connectivity index (χ3v) is 7.38. The van der Waals surface area contributed by atoms with Crippen molar-refractivity contribution in [2.24, 2.45) is 0 Å².